The van der Waals surface area contributed by atoms with Gasteiger partial charge in [-0.1, -0.05) is 6.92 Å². The average Bonchev–Trinajstić information content (AvgIpc) is 2.91. The third-order valence-electron chi connectivity index (χ3n) is 3.50. The predicted molar refractivity (Wildman–Crippen MR) is 68.7 cm³/mol. The fourth-order valence-corrected chi connectivity index (χ4v) is 2.66. The van der Waals surface area contributed by atoms with Crippen molar-refractivity contribution in [3.05, 3.63) is 15.8 Å². The van der Waals surface area contributed by atoms with E-state index in [2.05, 4.69) is 5.10 Å². The van der Waals surface area contributed by atoms with Gasteiger partial charge in [0.1, 0.15) is 5.69 Å². The number of nitrogens with zero attached hydrogens (tertiary/aromatic N) is 4. The number of rotatable bonds is 4. The van der Waals surface area contributed by atoms with Crippen LogP contribution in [-0.4, -0.2) is 33.8 Å². The molecule has 1 saturated heterocycles. The summed E-state index contributed by atoms with van der Waals surface area (Å²) in [5, 5.41) is 15.5. The van der Waals surface area contributed by atoms with Crippen LogP contribution in [0.5, 0.6) is 0 Å². The zero-order valence-corrected chi connectivity index (χ0v) is 10.8. The molecule has 7 heteroatoms. The summed E-state index contributed by atoms with van der Waals surface area (Å²) in [4.78, 5) is 13.0. The molecule has 1 fully saturated rings. The summed E-state index contributed by atoms with van der Waals surface area (Å²) in [5.74, 6) is 0.602. The second kappa shape index (κ2) is 4.93. The lowest BCUT2D eigenvalue weighted by Crippen LogP contribution is -2.36. The van der Waals surface area contributed by atoms with Gasteiger partial charge >= 0.3 is 5.69 Å². The van der Waals surface area contributed by atoms with E-state index in [4.69, 9.17) is 5.73 Å². The first-order chi connectivity index (χ1) is 8.60. The molecule has 0 aliphatic carbocycles. The molecule has 18 heavy (non-hydrogen) atoms. The maximum Gasteiger partial charge on any atom is 0.334 e. The van der Waals surface area contributed by atoms with E-state index in [1.54, 1.807) is 11.7 Å². The van der Waals surface area contributed by atoms with E-state index < -0.39 is 0 Å². The van der Waals surface area contributed by atoms with Crippen molar-refractivity contribution < 1.29 is 4.92 Å². The fourth-order valence-electron chi connectivity index (χ4n) is 2.66. The molecule has 1 aliphatic heterocycles. The van der Waals surface area contributed by atoms with Gasteiger partial charge in [0.25, 0.3) is 0 Å². The van der Waals surface area contributed by atoms with Crippen LogP contribution in [-0.2, 0) is 13.5 Å². The number of nitro groups is 1. The molecule has 1 atom stereocenters. The lowest BCUT2D eigenvalue weighted by atomic mass is 10.2. The molecular formula is C11H19N5O2. The quantitative estimate of drug-likeness (QED) is 0.633. The highest BCUT2D eigenvalue weighted by atomic mass is 16.6. The van der Waals surface area contributed by atoms with E-state index in [-0.39, 0.29) is 16.7 Å². The molecule has 0 bridgehead atoms. The van der Waals surface area contributed by atoms with E-state index in [0.717, 1.165) is 19.4 Å². The molecule has 0 spiro atoms. The zero-order chi connectivity index (χ0) is 13.3. The molecule has 2 N–H and O–H groups in total. The summed E-state index contributed by atoms with van der Waals surface area (Å²) in [6.45, 7) is 3.21. The highest BCUT2D eigenvalue weighted by Crippen LogP contribution is 2.35. The average molecular weight is 253 g/mol. The van der Waals surface area contributed by atoms with Crippen molar-refractivity contribution in [2.75, 3.05) is 18.0 Å². The van der Waals surface area contributed by atoms with Crippen LogP contribution in [0, 0.1) is 10.1 Å². The monoisotopic (exact) mass is 253 g/mol. The Morgan fingerprint density at radius 1 is 1.61 bits per heavy atom. The largest absolute Gasteiger partial charge is 0.347 e. The normalized spacial score (nSPS) is 19.5. The zero-order valence-electron chi connectivity index (χ0n) is 10.8. The van der Waals surface area contributed by atoms with Crippen LogP contribution in [0.4, 0.5) is 11.5 Å². The summed E-state index contributed by atoms with van der Waals surface area (Å²) in [5.41, 5.74) is 6.42. The number of hydrogen-bond donors (Lipinski definition) is 1. The third-order valence-corrected chi connectivity index (χ3v) is 3.50. The molecule has 1 aromatic heterocycles. The van der Waals surface area contributed by atoms with Crippen molar-refractivity contribution in [2.45, 2.75) is 32.2 Å². The van der Waals surface area contributed by atoms with Crippen LogP contribution >= 0.6 is 0 Å². The van der Waals surface area contributed by atoms with Crippen molar-refractivity contribution in [3.63, 3.8) is 0 Å². The van der Waals surface area contributed by atoms with Crippen molar-refractivity contribution in [3.8, 4) is 0 Å². The van der Waals surface area contributed by atoms with E-state index >= 15 is 0 Å². The number of aryl methyl sites for hydroxylation is 2. The Hall–Kier alpha value is -1.63. The maximum atomic E-state index is 11.3. The van der Waals surface area contributed by atoms with E-state index in [0.29, 0.717) is 24.5 Å². The van der Waals surface area contributed by atoms with Gasteiger partial charge in [0.05, 0.1) is 4.92 Å². The minimum atomic E-state index is -0.326. The molecule has 100 valence electrons. The summed E-state index contributed by atoms with van der Waals surface area (Å²) < 4.78 is 1.62. The molecule has 2 rings (SSSR count). The van der Waals surface area contributed by atoms with Gasteiger partial charge in [-0.15, -0.1) is 0 Å². The molecule has 0 radical (unpaired) electrons. The molecule has 2 heterocycles. The molecule has 1 aromatic rings. The van der Waals surface area contributed by atoms with Crippen LogP contribution in [0.2, 0.25) is 0 Å². The number of hydrogen-bond acceptors (Lipinski definition) is 5. The predicted octanol–water partition coefficient (Wildman–Crippen LogP) is 0.818. The van der Waals surface area contributed by atoms with Crippen LogP contribution in [0.1, 0.15) is 25.5 Å². The van der Waals surface area contributed by atoms with E-state index in [1.165, 1.54) is 0 Å². The second-order valence-corrected chi connectivity index (χ2v) is 4.58. The number of aromatic nitrogens is 2. The minimum Gasteiger partial charge on any atom is -0.347 e. The lowest BCUT2D eigenvalue weighted by Gasteiger charge is -2.24. The van der Waals surface area contributed by atoms with Gasteiger partial charge in [0, 0.05) is 26.2 Å². The Morgan fingerprint density at radius 2 is 2.33 bits per heavy atom. The standard InChI is InChI=1S/C11H19N5O2/c1-3-9-10(16(17)18)11(14(2)13-9)15-6-4-5-8(15)7-12/h8H,3-7,12H2,1-2H3. The van der Waals surface area contributed by atoms with Gasteiger partial charge in [-0.3, -0.25) is 10.1 Å². The van der Waals surface area contributed by atoms with Gasteiger partial charge in [0.2, 0.25) is 5.82 Å². The van der Waals surface area contributed by atoms with Crippen molar-refractivity contribution in [1.29, 1.82) is 0 Å². The molecule has 1 unspecified atom stereocenters. The maximum absolute atomic E-state index is 11.3. The number of anilines is 1. The molecule has 0 aromatic carbocycles. The summed E-state index contributed by atoms with van der Waals surface area (Å²) in [6.07, 6.45) is 2.57. The van der Waals surface area contributed by atoms with Crippen molar-refractivity contribution in [1.82, 2.24) is 9.78 Å². The van der Waals surface area contributed by atoms with Gasteiger partial charge in [-0.2, -0.15) is 5.10 Å². The SMILES string of the molecule is CCc1nn(C)c(N2CCCC2CN)c1[N+](=O)[O-]. The van der Waals surface area contributed by atoms with Crippen molar-refractivity contribution in [2.24, 2.45) is 12.8 Å². The Bertz CT molecular complexity index is 457. The molecule has 1 aliphatic rings. The highest BCUT2D eigenvalue weighted by Gasteiger charge is 2.34. The van der Waals surface area contributed by atoms with Gasteiger partial charge < -0.3 is 10.6 Å². The lowest BCUT2D eigenvalue weighted by molar-refractivity contribution is -0.384. The Balaban J connectivity index is 2.49. The van der Waals surface area contributed by atoms with Crippen LogP contribution in [0.3, 0.4) is 0 Å². The van der Waals surface area contributed by atoms with Crippen LogP contribution in [0.25, 0.3) is 0 Å². The first-order valence-electron chi connectivity index (χ1n) is 6.27. The van der Waals surface area contributed by atoms with Crippen molar-refractivity contribution >= 4 is 11.5 Å². The van der Waals surface area contributed by atoms with Crippen LogP contribution < -0.4 is 10.6 Å². The summed E-state index contributed by atoms with van der Waals surface area (Å²) >= 11 is 0. The van der Waals surface area contributed by atoms with Gasteiger partial charge in [0.15, 0.2) is 0 Å². The Kier molecular flexibility index (Phi) is 3.51. The summed E-state index contributed by atoms with van der Waals surface area (Å²) in [6, 6.07) is 0.184. The minimum absolute atomic E-state index is 0.139. The first-order valence-corrected chi connectivity index (χ1v) is 6.27. The third kappa shape index (κ3) is 1.94. The molecule has 0 saturated carbocycles. The topological polar surface area (TPSA) is 90.2 Å². The van der Waals surface area contributed by atoms with Gasteiger partial charge in [-0.05, 0) is 19.3 Å². The molecular weight excluding hydrogens is 234 g/mol. The Labute approximate surface area is 106 Å². The van der Waals surface area contributed by atoms with E-state index in [1.807, 2.05) is 11.8 Å². The molecule has 0 amide bonds. The first kappa shape index (κ1) is 12.8. The highest BCUT2D eigenvalue weighted by molar-refractivity contribution is 5.62. The second-order valence-electron chi connectivity index (χ2n) is 4.58. The van der Waals surface area contributed by atoms with Gasteiger partial charge in [-0.25, -0.2) is 4.68 Å². The number of nitrogens with two attached hydrogens (primary N) is 1. The molecule has 7 nitrogen and oxygen atoms in total. The smallest absolute Gasteiger partial charge is 0.334 e. The fraction of sp³-hybridized carbons (Fsp3) is 0.727. The van der Waals surface area contributed by atoms with Crippen LogP contribution in [0.15, 0.2) is 0 Å². The summed E-state index contributed by atoms with van der Waals surface area (Å²) in [7, 11) is 1.76. The Morgan fingerprint density at radius 3 is 2.89 bits per heavy atom. The van der Waals surface area contributed by atoms with E-state index in [9.17, 15) is 10.1 Å².